The molecule has 0 saturated heterocycles. The molecule has 1 heterocycles. The van der Waals surface area contributed by atoms with Crippen LogP contribution in [0, 0.1) is 13.8 Å². The molecule has 1 rings (SSSR count). The zero-order valence-electron chi connectivity index (χ0n) is 8.13. The molecule has 1 N–H and O–H groups in total. The Hall–Kier alpha value is -0.830. The number of hydrogen-bond acceptors (Lipinski definition) is 2. The fraction of sp³-hybridized carbons (Fsp3) is 0.667. The van der Waals surface area contributed by atoms with Crippen LogP contribution in [0.15, 0.2) is 0 Å². The maximum atomic E-state index is 9.44. The lowest BCUT2D eigenvalue weighted by atomic mass is 10.1. The van der Waals surface area contributed by atoms with Gasteiger partial charge in [0.2, 0.25) is 0 Å². The van der Waals surface area contributed by atoms with Crippen LogP contribution in [0.25, 0.3) is 0 Å². The quantitative estimate of drug-likeness (QED) is 0.728. The second kappa shape index (κ2) is 3.27. The molecule has 0 fully saturated rings. The third kappa shape index (κ3) is 1.37. The first-order valence-electron chi connectivity index (χ1n) is 4.29. The summed E-state index contributed by atoms with van der Waals surface area (Å²) in [6.07, 6.45) is -0.412. The first-order chi connectivity index (χ1) is 5.57. The number of aryl methyl sites for hydroxylation is 2. The highest BCUT2D eigenvalue weighted by Gasteiger charge is 2.13. The minimum Gasteiger partial charge on any atom is -0.389 e. The van der Waals surface area contributed by atoms with Gasteiger partial charge in [-0.1, -0.05) is 0 Å². The van der Waals surface area contributed by atoms with Crippen LogP contribution in [0.5, 0.6) is 0 Å². The molecule has 1 atom stereocenters. The molecule has 0 aromatic carbocycles. The SMILES string of the molecule is CCn1nc(C)c([C@@H](C)O)c1C. The number of rotatable bonds is 2. The van der Waals surface area contributed by atoms with E-state index in [1.54, 1.807) is 6.92 Å². The number of aliphatic hydroxyl groups is 1. The Balaban J connectivity index is 3.19. The van der Waals surface area contributed by atoms with Crippen molar-refractivity contribution in [2.75, 3.05) is 0 Å². The molecule has 3 heteroatoms. The summed E-state index contributed by atoms with van der Waals surface area (Å²) in [4.78, 5) is 0. The number of aromatic nitrogens is 2. The summed E-state index contributed by atoms with van der Waals surface area (Å²) in [6, 6.07) is 0. The van der Waals surface area contributed by atoms with Crippen molar-refractivity contribution in [3.05, 3.63) is 17.0 Å². The highest BCUT2D eigenvalue weighted by molar-refractivity contribution is 5.26. The van der Waals surface area contributed by atoms with Gasteiger partial charge in [0.15, 0.2) is 0 Å². The van der Waals surface area contributed by atoms with Crippen molar-refractivity contribution in [1.29, 1.82) is 0 Å². The molecule has 68 valence electrons. The van der Waals surface area contributed by atoms with Crippen molar-refractivity contribution in [1.82, 2.24) is 9.78 Å². The first-order valence-corrected chi connectivity index (χ1v) is 4.29. The summed E-state index contributed by atoms with van der Waals surface area (Å²) in [5.41, 5.74) is 2.98. The second-order valence-electron chi connectivity index (χ2n) is 3.08. The van der Waals surface area contributed by atoms with Crippen LogP contribution in [0.3, 0.4) is 0 Å². The Bertz CT molecular complexity index is 276. The Labute approximate surface area is 73.0 Å². The van der Waals surface area contributed by atoms with E-state index in [0.29, 0.717) is 0 Å². The van der Waals surface area contributed by atoms with Crippen molar-refractivity contribution in [3.8, 4) is 0 Å². The molecule has 0 saturated carbocycles. The average molecular weight is 168 g/mol. The molecule has 0 bridgehead atoms. The summed E-state index contributed by atoms with van der Waals surface area (Å²) in [5.74, 6) is 0. The van der Waals surface area contributed by atoms with Gasteiger partial charge in [-0.05, 0) is 27.7 Å². The molecule has 0 aliphatic heterocycles. The normalized spacial score (nSPS) is 13.4. The molecular weight excluding hydrogens is 152 g/mol. The van der Waals surface area contributed by atoms with Crippen molar-refractivity contribution >= 4 is 0 Å². The molecule has 12 heavy (non-hydrogen) atoms. The third-order valence-corrected chi connectivity index (χ3v) is 2.15. The molecule has 0 aliphatic carbocycles. The predicted molar refractivity (Wildman–Crippen MR) is 48.0 cm³/mol. The summed E-state index contributed by atoms with van der Waals surface area (Å²) < 4.78 is 1.91. The Morgan fingerprint density at radius 3 is 2.33 bits per heavy atom. The van der Waals surface area contributed by atoms with Gasteiger partial charge in [0.05, 0.1) is 11.8 Å². The van der Waals surface area contributed by atoms with Gasteiger partial charge in [-0.25, -0.2) is 0 Å². The van der Waals surface area contributed by atoms with E-state index in [0.717, 1.165) is 23.5 Å². The molecule has 1 aromatic heterocycles. The Morgan fingerprint density at radius 2 is 2.08 bits per heavy atom. The molecule has 0 amide bonds. The Morgan fingerprint density at radius 1 is 1.50 bits per heavy atom. The molecule has 3 nitrogen and oxygen atoms in total. The van der Waals surface area contributed by atoms with E-state index in [4.69, 9.17) is 0 Å². The van der Waals surface area contributed by atoms with E-state index in [9.17, 15) is 5.11 Å². The number of aliphatic hydroxyl groups excluding tert-OH is 1. The minimum atomic E-state index is -0.412. The minimum absolute atomic E-state index is 0.412. The maximum absolute atomic E-state index is 9.44. The van der Waals surface area contributed by atoms with Crippen LogP contribution in [0.2, 0.25) is 0 Å². The van der Waals surface area contributed by atoms with Gasteiger partial charge in [-0.15, -0.1) is 0 Å². The van der Waals surface area contributed by atoms with Gasteiger partial charge in [0, 0.05) is 17.8 Å². The van der Waals surface area contributed by atoms with E-state index >= 15 is 0 Å². The summed E-state index contributed by atoms with van der Waals surface area (Å²) in [6.45, 7) is 8.61. The van der Waals surface area contributed by atoms with E-state index in [1.165, 1.54) is 0 Å². The topological polar surface area (TPSA) is 38.0 Å². The lowest BCUT2D eigenvalue weighted by Crippen LogP contribution is -2.00. The van der Waals surface area contributed by atoms with Crippen LogP contribution >= 0.6 is 0 Å². The second-order valence-corrected chi connectivity index (χ2v) is 3.08. The van der Waals surface area contributed by atoms with Crippen molar-refractivity contribution in [2.24, 2.45) is 0 Å². The van der Waals surface area contributed by atoms with Gasteiger partial charge in [0.1, 0.15) is 0 Å². The summed E-state index contributed by atoms with van der Waals surface area (Å²) in [5, 5.41) is 13.7. The first kappa shape index (κ1) is 9.26. The predicted octanol–water partition coefficient (Wildman–Crippen LogP) is 1.57. The van der Waals surface area contributed by atoms with E-state index in [-0.39, 0.29) is 0 Å². The van der Waals surface area contributed by atoms with Crippen LogP contribution in [-0.2, 0) is 6.54 Å². The van der Waals surface area contributed by atoms with Gasteiger partial charge in [-0.2, -0.15) is 5.10 Å². The van der Waals surface area contributed by atoms with Crippen molar-refractivity contribution in [2.45, 2.75) is 40.3 Å². The smallest absolute Gasteiger partial charge is 0.0797 e. The Kier molecular flexibility index (Phi) is 2.52. The largest absolute Gasteiger partial charge is 0.389 e. The van der Waals surface area contributed by atoms with E-state index in [1.807, 2.05) is 25.5 Å². The zero-order chi connectivity index (χ0) is 9.30. The van der Waals surface area contributed by atoms with Crippen LogP contribution in [-0.4, -0.2) is 14.9 Å². The molecule has 0 spiro atoms. The number of nitrogens with zero attached hydrogens (tertiary/aromatic N) is 2. The lowest BCUT2D eigenvalue weighted by molar-refractivity contribution is 0.197. The summed E-state index contributed by atoms with van der Waals surface area (Å²) >= 11 is 0. The highest BCUT2D eigenvalue weighted by atomic mass is 16.3. The van der Waals surface area contributed by atoms with E-state index < -0.39 is 6.10 Å². The van der Waals surface area contributed by atoms with Gasteiger partial charge in [-0.3, -0.25) is 4.68 Å². The fourth-order valence-electron chi connectivity index (χ4n) is 1.62. The van der Waals surface area contributed by atoms with Crippen LogP contribution in [0.4, 0.5) is 0 Å². The number of hydrogen-bond donors (Lipinski definition) is 1. The molecular formula is C9H16N2O. The highest BCUT2D eigenvalue weighted by Crippen LogP contribution is 2.20. The fourth-order valence-corrected chi connectivity index (χ4v) is 1.62. The average Bonchev–Trinajstić information content (AvgIpc) is 2.25. The third-order valence-electron chi connectivity index (χ3n) is 2.15. The van der Waals surface area contributed by atoms with Crippen molar-refractivity contribution in [3.63, 3.8) is 0 Å². The van der Waals surface area contributed by atoms with Crippen molar-refractivity contribution < 1.29 is 5.11 Å². The van der Waals surface area contributed by atoms with Crippen LogP contribution in [0.1, 0.15) is 36.9 Å². The summed E-state index contributed by atoms with van der Waals surface area (Å²) in [7, 11) is 0. The monoisotopic (exact) mass is 168 g/mol. The zero-order valence-corrected chi connectivity index (χ0v) is 8.13. The lowest BCUT2D eigenvalue weighted by Gasteiger charge is -2.04. The van der Waals surface area contributed by atoms with E-state index in [2.05, 4.69) is 5.10 Å². The van der Waals surface area contributed by atoms with Gasteiger partial charge < -0.3 is 5.11 Å². The maximum Gasteiger partial charge on any atom is 0.0797 e. The molecule has 1 aromatic rings. The molecule has 0 unspecified atom stereocenters. The van der Waals surface area contributed by atoms with Gasteiger partial charge in [0.25, 0.3) is 0 Å². The van der Waals surface area contributed by atoms with Gasteiger partial charge >= 0.3 is 0 Å². The molecule has 0 aliphatic rings. The molecule has 0 radical (unpaired) electrons. The standard InChI is InChI=1S/C9H16N2O/c1-5-11-7(3)9(8(4)12)6(2)10-11/h8,12H,5H2,1-4H3/t8-/m1/s1. The van der Waals surface area contributed by atoms with Crippen LogP contribution < -0.4 is 0 Å².